The number of unbranched alkanes of at least 4 members (excludes halogenated alkanes) is 1. The lowest BCUT2D eigenvalue weighted by Gasteiger charge is -1.98. The minimum absolute atomic E-state index is 0.0435. The quantitative estimate of drug-likeness (QED) is 0.410. The molecule has 2 aromatic heterocycles. The van der Waals surface area contributed by atoms with Crippen LogP contribution in [0.3, 0.4) is 0 Å². The van der Waals surface area contributed by atoms with Crippen molar-refractivity contribution in [3.8, 4) is 0 Å². The van der Waals surface area contributed by atoms with Crippen LogP contribution in [0.4, 0.5) is 0 Å². The smallest absolute Gasteiger partial charge is 0.330 e. The molecule has 0 aliphatic heterocycles. The van der Waals surface area contributed by atoms with E-state index in [-0.39, 0.29) is 11.8 Å². The first kappa shape index (κ1) is 16.6. The highest BCUT2D eigenvalue weighted by Crippen LogP contribution is 2.34. The average Bonchev–Trinajstić information content (AvgIpc) is 3.01. The zero-order valence-corrected chi connectivity index (χ0v) is 14.3. The lowest BCUT2D eigenvalue weighted by atomic mass is 10.3. The number of esters is 1. The second kappa shape index (κ2) is 8.06. The van der Waals surface area contributed by atoms with Gasteiger partial charge in [-0.25, -0.2) is 4.79 Å². The molecule has 0 N–H and O–H groups in total. The van der Waals surface area contributed by atoms with E-state index in [1.807, 2.05) is 12.1 Å². The minimum Gasteiger partial charge on any atom is -0.463 e. The number of allylic oxidation sites excluding steroid dienone is 1. The van der Waals surface area contributed by atoms with E-state index < -0.39 is 0 Å². The Morgan fingerprint density at radius 2 is 1.68 bits per heavy atom. The van der Waals surface area contributed by atoms with Crippen LogP contribution < -0.4 is 0 Å². The Morgan fingerprint density at radius 1 is 1.09 bits per heavy atom. The van der Waals surface area contributed by atoms with Gasteiger partial charge in [0.1, 0.15) is 0 Å². The van der Waals surface area contributed by atoms with E-state index >= 15 is 0 Å². The van der Waals surface area contributed by atoms with Crippen LogP contribution in [0.5, 0.6) is 0 Å². The Hall–Kier alpha value is -1.72. The Balaban J connectivity index is 2.00. The number of hydrogen-bond acceptors (Lipinski definition) is 5. The van der Waals surface area contributed by atoms with Gasteiger partial charge in [0.2, 0.25) is 0 Å². The van der Waals surface area contributed by atoms with Gasteiger partial charge < -0.3 is 4.74 Å². The van der Waals surface area contributed by atoms with E-state index in [4.69, 9.17) is 4.74 Å². The van der Waals surface area contributed by atoms with Crippen molar-refractivity contribution in [3.63, 3.8) is 0 Å². The van der Waals surface area contributed by atoms with Gasteiger partial charge in [0.05, 0.1) is 6.61 Å². The second-order valence-corrected chi connectivity index (χ2v) is 7.06. The molecule has 0 bridgehead atoms. The Morgan fingerprint density at radius 3 is 2.23 bits per heavy atom. The van der Waals surface area contributed by atoms with Crippen LogP contribution in [0.25, 0.3) is 21.6 Å². The van der Waals surface area contributed by atoms with Crippen LogP contribution in [-0.4, -0.2) is 18.4 Å². The van der Waals surface area contributed by atoms with Gasteiger partial charge in [0.25, 0.3) is 0 Å². The molecule has 0 aromatic carbocycles. The first-order valence-electron chi connectivity index (χ1n) is 7.15. The molecule has 2 rings (SSSR count). The van der Waals surface area contributed by atoms with E-state index in [2.05, 4.69) is 13.0 Å². The van der Waals surface area contributed by atoms with Crippen molar-refractivity contribution >= 4 is 56.0 Å². The van der Waals surface area contributed by atoms with Crippen LogP contribution in [0.15, 0.2) is 24.3 Å². The number of ketones is 1. The molecule has 0 atom stereocenters. The SMILES string of the molecule is CCCCOC(=O)/C=C/c1cc2sc(/C=C/C(C)=O)cc2s1. The first-order valence-corrected chi connectivity index (χ1v) is 8.78. The summed E-state index contributed by atoms with van der Waals surface area (Å²) in [5.74, 6) is -0.253. The topological polar surface area (TPSA) is 43.4 Å². The van der Waals surface area contributed by atoms with Gasteiger partial charge in [-0.1, -0.05) is 13.3 Å². The van der Waals surface area contributed by atoms with E-state index in [0.29, 0.717) is 6.61 Å². The molecule has 2 aromatic rings. The molecular weight excluding hydrogens is 316 g/mol. The maximum Gasteiger partial charge on any atom is 0.330 e. The molecule has 2 heterocycles. The monoisotopic (exact) mass is 334 g/mol. The van der Waals surface area contributed by atoms with Gasteiger partial charge in [-0.15, -0.1) is 22.7 Å². The molecule has 0 fully saturated rings. The van der Waals surface area contributed by atoms with Gasteiger partial charge in [0.15, 0.2) is 5.78 Å². The number of carbonyl (C=O) groups excluding carboxylic acids is 2. The summed E-state index contributed by atoms with van der Waals surface area (Å²) >= 11 is 3.25. The fourth-order valence-corrected chi connectivity index (χ4v) is 3.98. The van der Waals surface area contributed by atoms with Crippen LogP contribution >= 0.6 is 22.7 Å². The van der Waals surface area contributed by atoms with Gasteiger partial charge in [-0.05, 0) is 43.7 Å². The zero-order chi connectivity index (χ0) is 15.9. The zero-order valence-electron chi connectivity index (χ0n) is 12.6. The summed E-state index contributed by atoms with van der Waals surface area (Å²) < 4.78 is 7.39. The Kier molecular flexibility index (Phi) is 6.10. The van der Waals surface area contributed by atoms with Gasteiger partial charge in [-0.2, -0.15) is 0 Å². The van der Waals surface area contributed by atoms with E-state index in [0.717, 1.165) is 32.0 Å². The molecule has 0 radical (unpaired) electrons. The molecule has 22 heavy (non-hydrogen) atoms. The first-order chi connectivity index (χ1) is 10.6. The second-order valence-electron chi connectivity index (χ2n) is 4.82. The molecule has 3 nitrogen and oxygen atoms in total. The lowest BCUT2D eigenvalue weighted by Crippen LogP contribution is -2.01. The fraction of sp³-hybridized carbons (Fsp3) is 0.294. The molecule has 116 valence electrons. The van der Waals surface area contributed by atoms with Crippen molar-refractivity contribution in [2.45, 2.75) is 26.7 Å². The minimum atomic E-state index is -0.296. The number of carbonyl (C=O) groups is 2. The van der Waals surface area contributed by atoms with Crippen molar-refractivity contribution in [3.05, 3.63) is 34.0 Å². The lowest BCUT2D eigenvalue weighted by molar-refractivity contribution is -0.137. The molecule has 0 aliphatic rings. The van der Waals surface area contributed by atoms with Crippen molar-refractivity contribution in [1.29, 1.82) is 0 Å². The number of fused-ring (bicyclic) bond motifs is 1. The van der Waals surface area contributed by atoms with Crippen LogP contribution in [-0.2, 0) is 14.3 Å². The summed E-state index contributed by atoms with van der Waals surface area (Å²) in [6, 6.07) is 4.10. The molecule has 5 heteroatoms. The molecule has 0 saturated heterocycles. The molecular formula is C17H18O3S2. The van der Waals surface area contributed by atoms with Crippen LogP contribution in [0, 0.1) is 0 Å². The Labute approximate surface area is 137 Å². The third kappa shape index (κ3) is 4.93. The third-order valence-electron chi connectivity index (χ3n) is 2.85. The summed E-state index contributed by atoms with van der Waals surface area (Å²) in [7, 11) is 0. The number of thiophene rings is 2. The standard InChI is InChI=1S/C17H18O3S2/c1-3-4-9-20-17(19)8-7-14-11-16-15(22-14)10-13(21-16)6-5-12(2)18/h5-8,10-11H,3-4,9H2,1-2H3/b6-5+,8-7+. The number of hydrogen-bond donors (Lipinski definition) is 0. The maximum absolute atomic E-state index is 11.5. The van der Waals surface area contributed by atoms with E-state index in [1.165, 1.54) is 13.0 Å². The van der Waals surface area contributed by atoms with E-state index in [1.54, 1.807) is 34.8 Å². The molecule has 0 unspecified atom stereocenters. The van der Waals surface area contributed by atoms with Gasteiger partial charge >= 0.3 is 5.97 Å². The summed E-state index contributed by atoms with van der Waals surface area (Å²) in [5.41, 5.74) is 0. The summed E-state index contributed by atoms with van der Waals surface area (Å²) in [4.78, 5) is 24.5. The summed E-state index contributed by atoms with van der Waals surface area (Å²) in [6.45, 7) is 4.07. The predicted molar refractivity (Wildman–Crippen MR) is 94.3 cm³/mol. The normalized spacial score (nSPS) is 11.7. The fourth-order valence-electron chi connectivity index (χ4n) is 1.75. The van der Waals surface area contributed by atoms with Crippen molar-refractivity contribution in [2.75, 3.05) is 6.61 Å². The average molecular weight is 334 g/mol. The highest BCUT2D eigenvalue weighted by molar-refractivity contribution is 7.28. The van der Waals surface area contributed by atoms with Crippen molar-refractivity contribution in [2.24, 2.45) is 0 Å². The summed E-state index contributed by atoms with van der Waals surface area (Å²) in [5, 5.41) is 0. The Bertz CT molecular complexity index is 688. The highest BCUT2D eigenvalue weighted by Gasteiger charge is 2.05. The van der Waals surface area contributed by atoms with E-state index in [9.17, 15) is 9.59 Å². The maximum atomic E-state index is 11.5. The number of ether oxygens (including phenoxy) is 1. The van der Waals surface area contributed by atoms with Crippen LogP contribution in [0.1, 0.15) is 36.4 Å². The largest absolute Gasteiger partial charge is 0.463 e. The third-order valence-corrected chi connectivity index (χ3v) is 5.08. The van der Waals surface area contributed by atoms with Gasteiger partial charge in [-0.3, -0.25) is 4.79 Å². The molecule has 0 aliphatic carbocycles. The summed E-state index contributed by atoms with van der Waals surface area (Å²) in [6.07, 6.45) is 8.57. The number of rotatable bonds is 7. The predicted octanol–water partition coefficient (Wildman–Crippen LogP) is 4.92. The van der Waals surface area contributed by atoms with Gasteiger partial charge in [0, 0.05) is 25.2 Å². The van der Waals surface area contributed by atoms with Crippen molar-refractivity contribution in [1.82, 2.24) is 0 Å². The molecule has 0 spiro atoms. The molecule has 0 amide bonds. The molecule has 0 saturated carbocycles. The van der Waals surface area contributed by atoms with Crippen LogP contribution in [0.2, 0.25) is 0 Å². The highest BCUT2D eigenvalue weighted by atomic mass is 32.1. The van der Waals surface area contributed by atoms with Crippen molar-refractivity contribution < 1.29 is 14.3 Å².